The Balaban J connectivity index is 0.000000918. The lowest BCUT2D eigenvalue weighted by molar-refractivity contribution is 0.886. The fraction of sp³-hybridized carbons (Fsp3) is 0.0816. The Morgan fingerprint density at radius 3 is 1.39 bits per heavy atom. The molecule has 0 saturated heterocycles. The lowest BCUT2D eigenvalue weighted by atomic mass is 10.1. The maximum absolute atomic E-state index is 5.07. The zero-order valence-corrected chi connectivity index (χ0v) is 30.4. The first-order valence-corrected chi connectivity index (χ1v) is 18.7. The zero-order chi connectivity index (χ0) is 36.4. The largest absolute Gasteiger partial charge is 0.309 e. The Hall–Kier alpha value is -6.85. The highest BCUT2D eigenvalue weighted by molar-refractivity contribution is 6.17. The van der Waals surface area contributed by atoms with Crippen LogP contribution in [0.5, 0.6) is 0 Å². The number of benzene rings is 7. The molecule has 5 heteroatoms. The van der Waals surface area contributed by atoms with Gasteiger partial charge < -0.3 is 9.13 Å². The van der Waals surface area contributed by atoms with Gasteiger partial charge in [0.1, 0.15) is 0 Å². The van der Waals surface area contributed by atoms with Gasteiger partial charge in [0.05, 0.1) is 27.8 Å². The first-order valence-electron chi connectivity index (χ1n) is 18.7. The lowest BCUT2D eigenvalue weighted by Crippen LogP contribution is -2.00. The molecule has 5 nitrogen and oxygen atoms in total. The number of rotatable bonds is 6. The highest BCUT2D eigenvalue weighted by atomic mass is 15.0. The van der Waals surface area contributed by atoms with Crippen molar-refractivity contribution in [2.24, 2.45) is 0 Å². The molecule has 10 rings (SSSR count). The molecule has 0 bridgehead atoms. The van der Waals surface area contributed by atoms with E-state index in [9.17, 15) is 0 Å². The molecule has 0 fully saturated rings. The van der Waals surface area contributed by atoms with Crippen LogP contribution in [-0.2, 0) is 0 Å². The van der Waals surface area contributed by atoms with Gasteiger partial charge in [-0.15, -0.1) is 0 Å². The summed E-state index contributed by atoms with van der Waals surface area (Å²) < 4.78 is 4.78. The molecule has 0 aliphatic heterocycles. The predicted octanol–water partition coefficient (Wildman–Crippen LogP) is 12.9. The molecule has 7 aromatic carbocycles. The van der Waals surface area contributed by atoms with Crippen LogP contribution in [0.15, 0.2) is 176 Å². The van der Waals surface area contributed by atoms with Gasteiger partial charge in [0, 0.05) is 43.9 Å². The Morgan fingerprint density at radius 2 is 0.833 bits per heavy atom. The number of para-hydroxylation sites is 3. The van der Waals surface area contributed by atoms with Gasteiger partial charge in [-0.25, -0.2) is 15.0 Å². The quantitative estimate of drug-likeness (QED) is 0.174. The molecule has 0 radical (unpaired) electrons. The topological polar surface area (TPSA) is 48.5 Å². The van der Waals surface area contributed by atoms with Gasteiger partial charge >= 0.3 is 0 Å². The van der Waals surface area contributed by atoms with Crippen molar-refractivity contribution in [3.63, 3.8) is 0 Å². The average molecular weight is 698 g/mol. The number of aromatic nitrogens is 5. The van der Waals surface area contributed by atoms with Crippen molar-refractivity contribution in [3.05, 3.63) is 176 Å². The third kappa shape index (κ3) is 5.80. The Kier molecular flexibility index (Phi) is 8.73. The van der Waals surface area contributed by atoms with Crippen LogP contribution >= 0.6 is 0 Å². The minimum absolute atomic E-state index is 0.634. The van der Waals surface area contributed by atoms with Gasteiger partial charge in [-0.05, 0) is 54.6 Å². The van der Waals surface area contributed by atoms with Crippen molar-refractivity contribution in [2.45, 2.75) is 26.7 Å². The molecule has 260 valence electrons. The van der Waals surface area contributed by atoms with Crippen LogP contribution in [0.2, 0.25) is 0 Å². The summed E-state index contributed by atoms with van der Waals surface area (Å²) in [7, 11) is 0. The lowest BCUT2D eigenvalue weighted by Gasteiger charge is -2.11. The van der Waals surface area contributed by atoms with E-state index >= 15 is 0 Å². The Labute approximate surface area is 314 Å². The van der Waals surface area contributed by atoms with Crippen molar-refractivity contribution in [3.8, 4) is 45.5 Å². The molecule has 0 amide bonds. The van der Waals surface area contributed by atoms with Gasteiger partial charge in [-0.2, -0.15) is 0 Å². The minimum Gasteiger partial charge on any atom is -0.309 e. The first kappa shape index (κ1) is 33.0. The maximum Gasteiger partial charge on any atom is 0.164 e. The van der Waals surface area contributed by atoms with Crippen LogP contribution in [0.4, 0.5) is 0 Å². The van der Waals surface area contributed by atoms with Crippen molar-refractivity contribution in [1.82, 2.24) is 24.1 Å². The second kappa shape index (κ2) is 14.3. The summed E-state index contributed by atoms with van der Waals surface area (Å²) >= 11 is 0. The molecule has 0 saturated carbocycles. The van der Waals surface area contributed by atoms with Crippen LogP contribution in [0.1, 0.15) is 26.7 Å². The van der Waals surface area contributed by atoms with Crippen LogP contribution in [0.25, 0.3) is 89.2 Å². The molecule has 10 aromatic rings. The first-order chi connectivity index (χ1) is 26.7. The average Bonchev–Trinajstić information content (AvgIpc) is 3.77. The number of hydrogen-bond acceptors (Lipinski definition) is 3. The van der Waals surface area contributed by atoms with Crippen molar-refractivity contribution in [2.75, 3.05) is 0 Å². The number of unbranched alkanes of at least 4 members (excludes halogenated alkanes) is 1. The molecular weight excluding hydrogens is 659 g/mol. The Morgan fingerprint density at radius 1 is 0.370 bits per heavy atom. The fourth-order valence-electron chi connectivity index (χ4n) is 7.35. The molecule has 0 aliphatic carbocycles. The van der Waals surface area contributed by atoms with Crippen LogP contribution < -0.4 is 0 Å². The minimum atomic E-state index is 0.634. The van der Waals surface area contributed by atoms with Crippen LogP contribution in [0, 0.1) is 0 Å². The van der Waals surface area contributed by atoms with E-state index in [2.05, 4.69) is 138 Å². The van der Waals surface area contributed by atoms with E-state index in [0.717, 1.165) is 44.5 Å². The van der Waals surface area contributed by atoms with E-state index in [0.29, 0.717) is 17.5 Å². The van der Waals surface area contributed by atoms with E-state index in [1.165, 1.54) is 40.0 Å². The summed E-state index contributed by atoms with van der Waals surface area (Å²) in [4.78, 5) is 15.1. The fourth-order valence-corrected chi connectivity index (χ4v) is 7.35. The third-order valence-corrected chi connectivity index (χ3v) is 10.1. The number of hydrogen-bond donors (Lipinski definition) is 0. The molecule has 54 heavy (non-hydrogen) atoms. The van der Waals surface area contributed by atoms with E-state index in [-0.39, 0.29) is 0 Å². The SMILES string of the molecule is CCCC.c1ccc(-c2nc(-c3ccccc3)nc(-c3ccc4c(c3)c3c(-n5c6ccccc6c6ccccc65)cccc3n4-c3ccccc3)n2)cc1. The van der Waals surface area contributed by atoms with E-state index in [4.69, 9.17) is 15.0 Å². The number of fused-ring (bicyclic) bond motifs is 6. The van der Waals surface area contributed by atoms with Crippen molar-refractivity contribution in [1.29, 1.82) is 0 Å². The van der Waals surface area contributed by atoms with E-state index in [1.54, 1.807) is 0 Å². The molecule has 0 spiro atoms. The van der Waals surface area contributed by atoms with E-state index < -0.39 is 0 Å². The third-order valence-electron chi connectivity index (χ3n) is 10.1. The normalized spacial score (nSPS) is 11.3. The van der Waals surface area contributed by atoms with Gasteiger partial charge in [0.15, 0.2) is 17.5 Å². The highest BCUT2D eigenvalue weighted by Crippen LogP contribution is 2.41. The number of nitrogens with zero attached hydrogens (tertiary/aromatic N) is 5. The van der Waals surface area contributed by atoms with Gasteiger partial charge in [-0.1, -0.05) is 148 Å². The second-order valence-corrected chi connectivity index (χ2v) is 13.5. The molecular formula is C49H39N5. The molecule has 0 aliphatic rings. The summed E-state index contributed by atoms with van der Waals surface area (Å²) in [5, 5.41) is 4.77. The summed E-state index contributed by atoms with van der Waals surface area (Å²) in [6.07, 6.45) is 2.64. The zero-order valence-electron chi connectivity index (χ0n) is 30.4. The molecule has 3 aromatic heterocycles. The molecule has 0 unspecified atom stereocenters. The Bertz CT molecular complexity index is 2780. The van der Waals surface area contributed by atoms with Gasteiger partial charge in [0.2, 0.25) is 0 Å². The highest BCUT2D eigenvalue weighted by Gasteiger charge is 2.21. The molecule has 3 heterocycles. The van der Waals surface area contributed by atoms with Crippen LogP contribution in [-0.4, -0.2) is 24.1 Å². The summed E-state index contributed by atoms with van der Waals surface area (Å²) in [5.41, 5.74) is 9.66. The summed E-state index contributed by atoms with van der Waals surface area (Å²) in [5.74, 6) is 1.93. The second-order valence-electron chi connectivity index (χ2n) is 13.5. The van der Waals surface area contributed by atoms with E-state index in [1.807, 2.05) is 60.7 Å². The van der Waals surface area contributed by atoms with Crippen molar-refractivity contribution < 1.29 is 0 Å². The van der Waals surface area contributed by atoms with Crippen molar-refractivity contribution >= 4 is 43.6 Å². The standard InChI is InChI=1S/C45H29N5.C4H10/c1-4-15-30(16-5-1)43-46-44(31-17-6-2-7-18-31)48-45(47-43)32-27-28-39-36(29-32)42-40(49(39)33-19-8-3-9-20-33)25-14-26-41(42)50-37-23-12-10-21-34(37)35-22-11-13-24-38(35)50;1-3-4-2/h1-29H;3-4H2,1-2H3. The summed E-state index contributed by atoms with van der Waals surface area (Å²) in [6.45, 7) is 4.36. The maximum atomic E-state index is 5.07. The molecule has 0 N–H and O–H groups in total. The monoisotopic (exact) mass is 697 g/mol. The predicted molar refractivity (Wildman–Crippen MR) is 225 cm³/mol. The summed E-state index contributed by atoms with van der Waals surface area (Å²) in [6, 6.07) is 61.5. The molecule has 0 atom stereocenters. The van der Waals surface area contributed by atoms with Crippen LogP contribution in [0.3, 0.4) is 0 Å². The smallest absolute Gasteiger partial charge is 0.164 e. The van der Waals surface area contributed by atoms with Gasteiger partial charge in [-0.3, -0.25) is 0 Å². The van der Waals surface area contributed by atoms with Gasteiger partial charge in [0.25, 0.3) is 0 Å².